The summed E-state index contributed by atoms with van der Waals surface area (Å²) in [5.41, 5.74) is 1.01. The fourth-order valence-corrected chi connectivity index (χ4v) is 2.61. The second-order valence-corrected chi connectivity index (χ2v) is 6.78. The topological polar surface area (TPSA) is 66.9 Å². The van der Waals surface area contributed by atoms with Gasteiger partial charge in [-0.25, -0.2) is 9.97 Å². The third-order valence-electron chi connectivity index (χ3n) is 3.21. The highest BCUT2D eigenvalue weighted by Gasteiger charge is 2.11. The van der Waals surface area contributed by atoms with E-state index in [0.717, 1.165) is 6.42 Å². The minimum Gasteiger partial charge on any atom is -0.351 e. The highest BCUT2D eigenvalue weighted by atomic mass is 35.5. The minimum absolute atomic E-state index is 0.215. The van der Waals surface area contributed by atoms with Gasteiger partial charge in [-0.3, -0.25) is 4.79 Å². The number of rotatable bonds is 6. The Labute approximate surface area is 151 Å². The summed E-state index contributed by atoms with van der Waals surface area (Å²) in [5.74, 6) is 1.33. The normalized spacial score (nSPS) is 10.8. The van der Waals surface area contributed by atoms with Crippen molar-refractivity contribution in [3.63, 3.8) is 0 Å². The predicted molar refractivity (Wildman–Crippen MR) is 98.3 cm³/mol. The quantitative estimate of drug-likeness (QED) is 0.782. The first-order valence-corrected chi connectivity index (χ1v) is 8.46. The Hall–Kier alpha value is -1.85. The number of carbonyl (C=O) groups is 1. The molecule has 1 aromatic carbocycles. The second kappa shape index (κ2) is 8.31. The Bertz CT molecular complexity index is 714. The lowest BCUT2D eigenvalue weighted by molar-refractivity contribution is 0.0946. The van der Waals surface area contributed by atoms with Crippen LogP contribution in [0.3, 0.4) is 0 Å². The van der Waals surface area contributed by atoms with Crippen LogP contribution in [-0.4, -0.2) is 22.4 Å². The van der Waals surface area contributed by atoms with E-state index in [1.54, 1.807) is 31.2 Å². The zero-order valence-corrected chi connectivity index (χ0v) is 15.4. The first-order valence-electron chi connectivity index (χ1n) is 7.70. The molecule has 0 saturated carbocycles. The Morgan fingerprint density at radius 1 is 1.12 bits per heavy atom. The molecule has 7 heteroatoms. The van der Waals surface area contributed by atoms with Gasteiger partial charge in [0.25, 0.3) is 5.91 Å². The number of aryl methyl sites for hydroxylation is 1. The molecule has 0 atom stereocenters. The largest absolute Gasteiger partial charge is 0.351 e. The smallest absolute Gasteiger partial charge is 0.270 e. The van der Waals surface area contributed by atoms with Gasteiger partial charge in [0, 0.05) is 28.3 Å². The van der Waals surface area contributed by atoms with Crippen molar-refractivity contribution in [1.82, 2.24) is 15.3 Å². The molecule has 0 fully saturated rings. The maximum Gasteiger partial charge on any atom is 0.270 e. The first kappa shape index (κ1) is 18.5. The maximum atomic E-state index is 12.2. The molecule has 1 heterocycles. The summed E-state index contributed by atoms with van der Waals surface area (Å²) >= 11 is 12.0. The Balaban J connectivity index is 2.14. The van der Waals surface area contributed by atoms with E-state index >= 15 is 0 Å². The number of hydrogen-bond donors (Lipinski definition) is 2. The van der Waals surface area contributed by atoms with Crippen molar-refractivity contribution in [3.05, 3.63) is 45.8 Å². The Morgan fingerprint density at radius 2 is 1.79 bits per heavy atom. The van der Waals surface area contributed by atoms with Gasteiger partial charge in [0.2, 0.25) is 0 Å². The van der Waals surface area contributed by atoms with Crippen LogP contribution in [0.2, 0.25) is 10.0 Å². The van der Waals surface area contributed by atoms with E-state index in [9.17, 15) is 4.79 Å². The van der Waals surface area contributed by atoms with Crippen LogP contribution in [-0.2, 0) is 0 Å². The summed E-state index contributed by atoms with van der Waals surface area (Å²) in [4.78, 5) is 20.7. The molecule has 24 heavy (non-hydrogen) atoms. The molecule has 1 amide bonds. The van der Waals surface area contributed by atoms with Gasteiger partial charge < -0.3 is 10.6 Å². The second-order valence-electron chi connectivity index (χ2n) is 5.91. The van der Waals surface area contributed by atoms with E-state index in [1.165, 1.54) is 0 Å². The summed E-state index contributed by atoms with van der Waals surface area (Å²) in [6, 6.07) is 6.71. The highest BCUT2D eigenvalue weighted by molar-refractivity contribution is 6.35. The van der Waals surface area contributed by atoms with Crippen LogP contribution in [0.5, 0.6) is 0 Å². The lowest BCUT2D eigenvalue weighted by atomic mass is 10.1. The fraction of sp³-hybridized carbons (Fsp3) is 0.353. The SMILES string of the molecule is Cc1nc(Nc2cc(Cl)cc(Cl)c2)cc(C(=O)NCCC(C)C)n1. The molecule has 2 N–H and O–H groups in total. The van der Waals surface area contributed by atoms with Gasteiger partial charge in [0.1, 0.15) is 17.3 Å². The van der Waals surface area contributed by atoms with E-state index in [0.29, 0.717) is 45.5 Å². The highest BCUT2D eigenvalue weighted by Crippen LogP contribution is 2.24. The van der Waals surface area contributed by atoms with Crippen LogP contribution in [0.15, 0.2) is 24.3 Å². The van der Waals surface area contributed by atoms with E-state index in [1.807, 2.05) is 0 Å². The lowest BCUT2D eigenvalue weighted by Crippen LogP contribution is -2.26. The molecule has 2 aromatic rings. The van der Waals surface area contributed by atoms with E-state index < -0.39 is 0 Å². The number of nitrogens with one attached hydrogen (secondary N) is 2. The predicted octanol–water partition coefficient (Wildman–Crippen LogP) is 4.61. The molecule has 128 valence electrons. The molecule has 0 radical (unpaired) electrons. The first-order chi connectivity index (χ1) is 11.3. The number of halogens is 2. The van der Waals surface area contributed by atoms with Crippen molar-refractivity contribution in [1.29, 1.82) is 0 Å². The number of anilines is 2. The molecular weight excluding hydrogens is 347 g/mol. The zero-order valence-electron chi connectivity index (χ0n) is 13.9. The van der Waals surface area contributed by atoms with Gasteiger partial charge in [-0.05, 0) is 37.5 Å². The van der Waals surface area contributed by atoms with E-state index in [2.05, 4.69) is 34.4 Å². The molecule has 1 aromatic heterocycles. The van der Waals surface area contributed by atoms with Gasteiger partial charge in [0.05, 0.1) is 0 Å². The standard InChI is InChI=1S/C17H20Cl2N4O/c1-10(2)4-5-20-17(24)15-9-16(22-11(3)21-15)23-14-7-12(18)6-13(19)8-14/h6-10H,4-5H2,1-3H3,(H,20,24)(H,21,22,23). The summed E-state index contributed by atoms with van der Waals surface area (Å²) in [6.07, 6.45) is 0.919. The Morgan fingerprint density at radius 3 is 2.42 bits per heavy atom. The van der Waals surface area contributed by atoms with E-state index in [-0.39, 0.29) is 5.91 Å². The summed E-state index contributed by atoms with van der Waals surface area (Å²) in [6.45, 7) is 6.57. The number of aromatic nitrogens is 2. The van der Waals surface area contributed by atoms with Crippen molar-refractivity contribution in [2.24, 2.45) is 5.92 Å². The molecule has 0 aliphatic rings. The van der Waals surface area contributed by atoms with Crippen molar-refractivity contribution in [2.75, 3.05) is 11.9 Å². The van der Waals surface area contributed by atoms with Crippen LogP contribution in [0.4, 0.5) is 11.5 Å². The van der Waals surface area contributed by atoms with Crippen molar-refractivity contribution < 1.29 is 4.79 Å². The molecule has 0 aliphatic heterocycles. The molecule has 5 nitrogen and oxygen atoms in total. The van der Waals surface area contributed by atoms with Crippen molar-refractivity contribution in [2.45, 2.75) is 27.2 Å². The van der Waals surface area contributed by atoms with E-state index in [4.69, 9.17) is 23.2 Å². The average molecular weight is 367 g/mol. The third-order valence-corrected chi connectivity index (χ3v) is 3.65. The Kier molecular flexibility index (Phi) is 6.40. The zero-order chi connectivity index (χ0) is 17.7. The van der Waals surface area contributed by atoms with Gasteiger partial charge in [-0.1, -0.05) is 37.0 Å². The number of amides is 1. The number of hydrogen-bond acceptors (Lipinski definition) is 4. The molecule has 0 spiro atoms. The van der Waals surface area contributed by atoms with Crippen LogP contribution in [0.25, 0.3) is 0 Å². The van der Waals surface area contributed by atoms with Crippen molar-refractivity contribution in [3.8, 4) is 0 Å². The van der Waals surface area contributed by atoms with Crippen molar-refractivity contribution >= 4 is 40.6 Å². The molecule has 2 rings (SSSR count). The van der Waals surface area contributed by atoms with Crippen LogP contribution in [0, 0.1) is 12.8 Å². The summed E-state index contributed by atoms with van der Waals surface area (Å²) in [5, 5.41) is 7.00. The molecule has 0 bridgehead atoms. The van der Waals surface area contributed by atoms with Gasteiger partial charge in [0.15, 0.2) is 0 Å². The molecular formula is C17H20Cl2N4O. The maximum absolute atomic E-state index is 12.2. The van der Waals surface area contributed by atoms with Crippen LogP contribution < -0.4 is 10.6 Å². The third kappa shape index (κ3) is 5.65. The van der Waals surface area contributed by atoms with Crippen LogP contribution >= 0.6 is 23.2 Å². The lowest BCUT2D eigenvalue weighted by Gasteiger charge is -2.10. The van der Waals surface area contributed by atoms with Crippen LogP contribution in [0.1, 0.15) is 36.6 Å². The summed E-state index contributed by atoms with van der Waals surface area (Å²) in [7, 11) is 0. The minimum atomic E-state index is -0.215. The summed E-state index contributed by atoms with van der Waals surface area (Å²) < 4.78 is 0. The molecule has 0 saturated heterocycles. The fourth-order valence-electron chi connectivity index (χ4n) is 2.09. The molecule has 0 unspecified atom stereocenters. The van der Waals surface area contributed by atoms with Gasteiger partial charge in [-0.2, -0.15) is 0 Å². The van der Waals surface area contributed by atoms with Gasteiger partial charge in [-0.15, -0.1) is 0 Å². The van der Waals surface area contributed by atoms with Gasteiger partial charge >= 0.3 is 0 Å². The number of benzene rings is 1. The average Bonchev–Trinajstić information content (AvgIpc) is 2.44. The number of carbonyl (C=O) groups excluding carboxylic acids is 1. The molecule has 0 aliphatic carbocycles. The number of nitrogens with zero attached hydrogens (tertiary/aromatic N) is 2. The monoisotopic (exact) mass is 366 g/mol.